The van der Waals surface area contributed by atoms with Gasteiger partial charge in [-0.3, -0.25) is 10.1 Å². The summed E-state index contributed by atoms with van der Waals surface area (Å²) in [6.45, 7) is -0.552. The van der Waals surface area contributed by atoms with Gasteiger partial charge in [-0.15, -0.1) is 0 Å². The van der Waals surface area contributed by atoms with Crippen LogP contribution in [0, 0.1) is 10.1 Å². The van der Waals surface area contributed by atoms with Crippen LogP contribution >= 0.6 is 15.9 Å². The Hall–Kier alpha value is -1.70. The Morgan fingerprint density at radius 2 is 2.40 bits per heavy atom. The zero-order valence-corrected chi connectivity index (χ0v) is 8.80. The molecule has 1 aromatic heterocycles. The fourth-order valence-electron chi connectivity index (χ4n) is 0.751. The molecule has 0 saturated carbocycles. The molecule has 1 N–H and O–H groups in total. The molecule has 1 rings (SSSR count). The zero-order valence-electron chi connectivity index (χ0n) is 7.21. The van der Waals surface area contributed by atoms with Gasteiger partial charge in [0.2, 0.25) is 5.88 Å². The van der Waals surface area contributed by atoms with Crippen LogP contribution in [-0.4, -0.2) is 27.6 Å². The van der Waals surface area contributed by atoms with Crippen molar-refractivity contribution in [1.82, 2.24) is 4.98 Å². The number of carboxylic acids is 1. The summed E-state index contributed by atoms with van der Waals surface area (Å²) in [5, 5.41) is 18.7. The zero-order chi connectivity index (χ0) is 11.4. The van der Waals surface area contributed by atoms with E-state index >= 15 is 0 Å². The molecule has 0 amide bonds. The standard InChI is InChI=1S/C7H5BrN2O5/c8-5-1-4(10(13)14)2-9-7(5)15-3-6(11)12/h1-2H,3H2,(H,11,12). The number of aliphatic carboxylic acids is 1. The number of hydrogen-bond acceptors (Lipinski definition) is 5. The maximum atomic E-state index is 10.3. The molecule has 0 radical (unpaired) electrons. The van der Waals surface area contributed by atoms with Crippen molar-refractivity contribution in [2.24, 2.45) is 0 Å². The van der Waals surface area contributed by atoms with E-state index in [-0.39, 0.29) is 16.0 Å². The first-order valence-electron chi connectivity index (χ1n) is 3.65. The van der Waals surface area contributed by atoms with Crippen LogP contribution in [0.15, 0.2) is 16.7 Å². The Labute approximate surface area is 92.0 Å². The summed E-state index contributed by atoms with van der Waals surface area (Å²) >= 11 is 2.98. The molecular formula is C7H5BrN2O5. The fraction of sp³-hybridized carbons (Fsp3) is 0.143. The van der Waals surface area contributed by atoms with Crippen LogP contribution in [0.3, 0.4) is 0 Å². The number of rotatable bonds is 4. The normalized spacial score (nSPS) is 9.67. The number of nitrogens with zero attached hydrogens (tertiary/aromatic N) is 2. The van der Waals surface area contributed by atoms with Gasteiger partial charge in [-0.1, -0.05) is 0 Å². The van der Waals surface area contributed by atoms with Crippen LogP contribution in [0.2, 0.25) is 0 Å². The minimum Gasteiger partial charge on any atom is -0.479 e. The lowest BCUT2D eigenvalue weighted by molar-refractivity contribution is -0.385. The molecule has 0 unspecified atom stereocenters. The Balaban J connectivity index is 2.83. The van der Waals surface area contributed by atoms with Crippen molar-refractivity contribution >= 4 is 27.6 Å². The smallest absolute Gasteiger partial charge is 0.341 e. The van der Waals surface area contributed by atoms with Crippen LogP contribution in [0.25, 0.3) is 0 Å². The molecule has 8 heteroatoms. The summed E-state index contributed by atoms with van der Waals surface area (Å²) in [5.41, 5.74) is -0.204. The molecule has 1 aromatic rings. The molecule has 1 heterocycles. The summed E-state index contributed by atoms with van der Waals surface area (Å²) in [4.78, 5) is 23.5. The van der Waals surface area contributed by atoms with E-state index in [0.29, 0.717) is 0 Å². The lowest BCUT2D eigenvalue weighted by Crippen LogP contribution is -2.10. The van der Waals surface area contributed by atoms with E-state index in [4.69, 9.17) is 9.84 Å². The maximum absolute atomic E-state index is 10.3. The molecule has 0 atom stereocenters. The second-order valence-electron chi connectivity index (χ2n) is 2.42. The Morgan fingerprint density at radius 3 is 2.87 bits per heavy atom. The van der Waals surface area contributed by atoms with Crippen molar-refractivity contribution in [2.45, 2.75) is 0 Å². The van der Waals surface area contributed by atoms with Crippen LogP contribution in [0.4, 0.5) is 5.69 Å². The van der Waals surface area contributed by atoms with Gasteiger partial charge in [0.05, 0.1) is 9.40 Å². The van der Waals surface area contributed by atoms with Crippen LogP contribution in [-0.2, 0) is 4.79 Å². The average Bonchev–Trinajstić information content (AvgIpc) is 2.15. The number of carbonyl (C=O) groups is 1. The molecule has 80 valence electrons. The predicted octanol–water partition coefficient (Wildman–Crippen LogP) is 1.22. The van der Waals surface area contributed by atoms with E-state index in [0.717, 1.165) is 6.20 Å². The molecule has 0 aliphatic carbocycles. The van der Waals surface area contributed by atoms with Gasteiger partial charge in [-0.25, -0.2) is 9.78 Å². The highest BCUT2D eigenvalue weighted by atomic mass is 79.9. The van der Waals surface area contributed by atoms with Gasteiger partial charge in [0.25, 0.3) is 5.69 Å². The SMILES string of the molecule is O=C(O)COc1ncc([N+](=O)[O-])cc1Br. The molecule has 0 saturated heterocycles. The van der Waals surface area contributed by atoms with E-state index in [1.807, 2.05) is 0 Å². The molecular weight excluding hydrogens is 272 g/mol. The van der Waals surface area contributed by atoms with Crippen LogP contribution in [0.5, 0.6) is 5.88 Å². The van der Waals surface area contributed by atoms with Crippen molar-refractivity contribution in [3.05, 3.63) is 26.9 Å². The van der Waals surface area contributed by atoms with Crippen LogP contribution in [0.1, 0.15) is 0 Å². The molecule has 15 heavy (non-hydrogen) atoms. The largest absolute Gasteiger partial charge is 0.479 e. The lowest BCUT2D eigenvalue weighted by Gasteiger charge is -2.03. The average molecular weight is 277 g/mol. The third kappa shape index (κ3) is 3.17. The molecule has 0 aliphatic rings. The number of carboxylic acid groups (broad SMARTS) is 1. The highest BCUT2D eigenvalue weighted by Crippen LogP contribution is 2.25. The molecule has 0 aromatic carbocycles. The molecule has 0 spiro atoms. The second-order valence-corrected chi connectivity index (χ2v) is 3.27. The Kier molecular flexibility index (Phi) is 3.56. The summed E-state index contributed by atoms with van der Waals surface area (Å²) in [7, 11) is 0. The molecule has 0 bridgehead atoms. The number of nitro groups is 1. The number of pyridine rings is 1. The number of hydrogen-bond donors (Lipinski definition) is 1. The summed E-state index contributed by atoms with van der Waals surface area (Å²) in [5.74, 6) is -1.15. The summed E-state index contributed by atoms with van der Waals surface area (Å²) in [6.07, 6.45) is 0.988. The van der Waals surface area contributed by atoms with E-state index in [9.17, 15) is 14.9 Å². The number of aromatic nitrogens is 1. The Morgan fingerprint density at radius 1 is 1.73 bits per heavy atom. The first kappa shape index (κ1) is 11.4. The van der Waals surface area contributed by atoms with Gasteiger partial charge >= 0.3 is 5.97 Å². The minimum absolute atomic E-state index is 0.00278. The third-order valence-electron chi connectivity index (χ3n) is 1.34. The van der Waals surface area contributed by atoms with E-state index in [2.05, 4.69) is 20.9 Å². The first-order chi connectivity index (χ1) is 7.00. The van der Waals surface area contributed by atoms with Gasteiger partial charge in [0.15, 0.2) is 6.61 Å². The highest BCUT2D eigenvalue weighted by Gasteiger charge is 2.12. The minimum atomic E-state index is -1.15. The molecule has 0 fully saturated rings. The maximum Gasteiger partial charge on any atom is 0.341 e. The first-order valence-corrected chi connectivity index (χ1v) is 4.44. The van der Waals surface area contributed by atoms with Gasteiger partial charge in [0, 0.05) is 6.07 Å². The van der Waals surface area contributed by atoms with Crippen LogP contribution < -0.4 is 4.74 Å². The number of ether oxygens (including phenoxy) is 1. The highest BCUT2D eigenvalue weighted by molar-refractivity contribution is 9.10. The van der Waals surface area contributed by atoms with Crippen molar-refractivity contribution < 1.29 is 19.6 Å². The molecule has 0 aliphatic heterocycles. The van der Waals surface area contributed by atoms with Crippen molar-refractivity contribution in [2.75, 3.05) is 6.61 Å². The predicted molar refractivity (Wildman–Crippen MR) is 51.7 cm³/mol. The van der Waals surface area contributed by atoms with E-state index in [1.54, 1.807) is 0 Å². The van der Waals surface area contributed by atoms with E-state index < -0.39 is 17.5 Å². The summed E-state index contributed by atoms with van der Waals surface area (Å²) in [6, 6.07) is 1.18. The van der Waals surface area contributed by atoms with Crippen molar-refractivity contribution in [3.63, 3.8) is 0 Å². The van der Waals surface area contributed by atoms with Gasteiger partial charge < -0.3 is 9.84 Å². The topological polar surface area (TPSA) is 103 Å². The third-order valence-corrected chi connectivity index (χ3v) is 1.90. The second kappa shape index (κ2) is 4.69. The van der Waals surface area contributed by atoms with Gasteiger partial charge in [0.1, 0.15) is 6.20 Å². The fourth-order valence-corrected chi connectivity index (χ4v) is 1.20. The van der Waals surface area contributed by atoms with Crippen molar-refractivity contribution in [1.29, 1.82) is 0 Å². The monoisotopic (exact) mass is 276 g/mol. The summed E-state index contributed by atoms with van der Waals surface area (Å²) < 4.78 is 4.99. The number of halogens is 1. The van der Waals surface area contributed by atoms with E-state index in [1.165, 1.54) is 6.07 Å². The van der Waals surface area contributed by atoms with Gasteiger partial charge in [-0.2, -0.15) is 0 Å². The quantitative estimate of drug-likeness (QED) is 0.655. The lowest BCUT2D eigenvalue weighted by atomic mass is 10.4. The Bertz CT molecular complexity index is 408. The van der Waals surface area contributed by atoms with Crippen molar-refractivity contribution in [3.8, 4) is 5.88 Å². The van der Waals surface area contributed by atoms with Gasteiger partial charge in [-0.05, 0) is 15.9 Å². The molecule has 7 nitrogen and oxygen atoms in total.